The average molecular weight is 281 g/mol. The lowest BCUT2D eigenvalue weighted by Gasteiger charge is -2.24. The molecule has 7 heteroatoms. The van der Waals surface area contributed by atoms with Crippen molar-refractivity contribution in [1.29, 1.82) is 0 Å². The molecule has 0 bridgehead atoms. The van der Waals surface area contributed by atoms with E-state index in [0.29, 0.717) is 18.8 Å². The van der Waals surface area contributed by atoms with Crippen LogP contribution in [0.2, 0.25) is 0 Å². The smallest absolute Gasteiger partial charge is 0.269 e. The van der Waals surface area contributed by atoms with Crippen molar-refractivity contribution < 1.29 is 4.79 Å². The molecule has 0 radical (unpaired) electrons. The van der Waals surface area contributed by atoms with E-state index in [4.69, 9.17) is 5.73 Å². The SMILES string of the molecule is CCC(C)(C)NC(=O)Cn1ncc(NCCN)cc1=O. The molecule has 0 atom stereocenters. The summed E-state index contributed by atoms with van der Waals surface area (Å²) in [4.78, 5) is 23.7. The standard InChI is InChI=1S/C13H23N5O2/c1-4-13(2,3)17-11(19)9-18-12(20)7-10(8-16-18)15-6-5-14/h7-8,15H,4-6,9,14H2,1-3H3,(H,17,19). The lowest BCUT2D eigenvalue weighted by Crippen LogP contribution is -2.45. The molecule has 1 heterocycles. The summed E-state index contributed by atoms with van der Waals surface area (Å²) in [7, 11) is 0. The lowest BCUT2D eigenvalue weighted by molar-refractivity contribution is -0.123. The van der Waals surface area contributed by atoms with Crippen molar-refractivity contribution in [3.8, 4) is 0 Å². The van der Waals surface area contributed by atoms with Crippen LogP contribution in [0.4, 0.5) is 5.69 Å². The van der Waals surface area contributed by atoms with Gasteiger partial charge in [-0.2, -0.15) is 5.10 Å². The Labute approximate surface area is 118 Å². The number of nitrogens with zero attached hydrogens (tertiary/aromatic N) is 2. The van der Waals surface area contributed by atoms with Crippen molar-refractivity contribution in [3.63, 3.8) is 0 Å². The quantitative estimate of drug-likeness (QED) is 0.649. The van der Waals surface area contributed by atoms with Gasteiger partial charge in [-0.1, -0.05) is 6.92 Å². The monoisotopic (exact) mass is 281 g/mol. The van der Waals surface area contributed by atoms with Crippen LogP contribution in [0.1, 0.15) is 27.2 Å². The van der Waals surface area contributed by atoms with Gasteiger partial charge in [-0.25, -0.2) is 4.68 Å². The first kappa shape index (κ1) is 16.2. The van der Waals surface area contributed by atoms with Gasteiger partial charge in [0.05, 0.1) is 11.9 Å². The minimum atomic E-state index is -0.323. The fourth-order valence-electron chi connectivity index (χ4n) is 1.51. The van der Waals surface area contributed by atoms with E-state index in [0.717, 1.165) is 11.1 Å². The van der Waals surface area contributed by atoms with Gasteiger partial charge >= 0.3 is 0 Å². The molecule has 7 nitrogen and oxygen atoms in total. The van der Waals surface area contributed by atoms with Gasteiger partial charge in [0, 0.05) is 24.7 Å². The molecule has 1 aromatic rings. The normalized spacial score (nSPS) is 11.2. The van der Waals surface area contributed by atoms with Crippen LogP contribution in [0.3, 0.4) is 0 Å². The fourth-order valence-corrected chi connectivity index (χ4v) is 1.51. The second-order valence-electron chi connectivity index (χ2n) is 5.24. The molecule has 112 valence electrons. The number of nitrogens with one attached hydrogen (secondary N) is 2. The highest BCUT2D eigenvalue weighted by Crippen LogP contribution is 2.06. The molecule has 4 N–H and O–H groups in total. The molecule has 0 aliphatic heterocycles. The van der Waals surface area contributed by atoms with Gasteiger partial charge in [-0.15, -0.1) is 0 Å². The molecule has 0 aliphatic rings. The van der Waals surface area contributed by atoms with E-state index in [2.05, 4.69) is 15.7 Å². The Morgan fingerprint density at radius 3 is 2.75 bits per heavy atom. The Balaban J connectivity index is 2.69. The highest BCUT2D eigenvalue weighted by atomic mass is 16.2. The van der Waals surface area contributed by atoms with Crippen molar-refractivity contribution >= 4 is 11.6 Å². The van der Waals surface area contributed by atoms with E-state index >= 15 is 0 Å². The molecule has 0 aliphatic carbocycles. The third-order valence-corrected chi connectivity index (χ3v) is 3.00. The first-order valence-corrected chi connectivity index (χ1v) is 6.70. The summed E-state index contributed by atoms with van der Waals surface area (Å²) in [5, 5.41) is 9.79. The Kier molecular flexibility index (Phi) is 5.69. The molecule has 0 spiro atoms. The van der Waals surface area contributed by atoms with Crippen LogP contribution in [-0.2, 0) is 11.3 Å². The number of carbonyl (C=O) groups is 1. The third kappa shape index (κ3) is 5.00. The summed E-state index contributed by atoms with van der Waals surface area (Å²) in [5.74, 6) is -0.228. The van der Waals surface area contributed by atoms with Gasteiger partial charge in [0.25, 0.3) is 5.56 Å². The predicted molar refractivity (Wildman–Crippen MR) is 78.6 cm³/mol. The highest BCUT2D eigenvalue weighted by Gasteiger charge is 2.18. The maximum atomic E-state index is 11.9. The Hall–Kier alpha value is -1.89. The molecule has 0 unspecified atom stereocenters. The largest absolute Gasteiger partial charge is 0.382 e. The Morgan fingerprint density at radius 1 is 1.50 bits per heavy atom. The molecule has 1 amide bonds. The molecular formula is C13H23N5O2. The van der Waals surface area contributed by atoms with Gasteiger partial charge < -0.3 is 16.4 Å². The van der Waals surface area contributed by atoms with Gasteiger partial charge in [-0.05, 0) is 20.3 Å². The molecule has 1 aromatic heterocycles. The van der Waals surface area contributed by atoms with E-state index in [1.165, 1.54) is 12.3 Å². The summed E-state index contributed by atoms with van der Waals surface area (Å²) in [6.45, 7) is 6.80. The summed E-state index contributed by atoms with van der Waals surface area (Å²) < 4.78 is 1.13. The van der Waals surface area contributed by atoms with Gasteiger partial charge in [-0.3, -0.25) is 9.59 Å². The van der Waals surface area contributed by atoms with Crippen molar-refractivity contribution in [2.24, 2.45) is 5.73 Å². The minimum absolute atomic E-state index is 0.0839. The van der Waals surface area contributed by atoms with Crippen LogP contribution in [0.25, 0.3) is 0 Å². The first-order valence-electron chi connectivity index (χ1n) is 6.70. The molecule has 0 fully saturated rings. The van der Waals surface area contributed by atoms with Crippen LogP contribution in [-0.4, -0.2) is 34.3 Å². The zero-order valence-electron chi connectivity index (χ0n) is 12.3. The number of carbonyl (C=O) groups excluding carboxylic acids is 1. The summed E-state index contributed by atoms with van der Waals surface area (Å²) >= 11 is 0. The minimum Gasteiger partial charge on any atom is -0.382 e. The average Bonchev–Trinajstić information content (AvgIpc) is 2.38. The summed E-state index contributed by atoms with van der Waals surface area (Å²) in [5.41, 5.74) is 5.35. The molecule has 0 saturated heterocycles. The number of hydrogen-bond acceptors (Lipinski definition) is 5. The van der Waals surface area contributed by atoms with E-state index in [1.54, 1.807) is 0 Å². The Bertz CT molecular complexity index is 510. The van der Waals surface area contributed by atoms with Gasteiger partial charge in [0.15, 0.2) is 0 Å². The van der Waals surface area contributed by atoms with Crippen molar-refractivity contribution in [3.05, 3.63) is 22.6 Å². The summed E-state index contributed by atoms with van der Waals surface area (Å²) in [6.07, 6.45) is 2.32. The van der Waals surface area contributed by atoms with Crippen molar-refractivity contribution in [2.75, 3.05) is 18.4 Å². The second-order valence-corrected chi connectivity index (χ2v) is 5.24. The van der Waals surface area contributed by atoms with Crippen LogP contribution < -0.4 is 21.9 Å². The van der Waals surface area contributed by atoms with Crippen LogP contribution in [0, 0.1) is 0 Å². The molecular weight excluding hydrogens is 258 g/mol. The summed E-state index contributed by atoms with van der Waals surface area (Å²) in [6, 6.07) is 1.40. The van der Waals surface area contributed by atoms with E-state index < -0.39 is 0 Å². The van der Waals surface area contributed by atoms with Crippen molar-refractivity contribution in [2.45, 2.75) is 39.3 Å². The zero-order chi connectivity index (χ0) is 15.2. The molecule has 1 rings (SSSR count). The number of aromatic nitrogens is 2. The number of anilines is 1. The van der Waals surface area contributed by atoms with Crippen LogP contribution in [0.15, 0.2) is 17.1 Å². The fraction of sp³-hybridized carbons (Fsp3) is 0.615. The maximum absolute atomic E-state index is 11.9. The maximum Gasteiger partial charge on any atom is 0.269 e. The van der Waals surface area contributed by atoms with Gasteiger partial charge in [0.1, 0.15) is 6.54 Å². The van der Waals surface area contributed by atoms with Crippen LogP contribution >= 0.6 is 0 Å². The molecule has 20 heavy (non-hydrogen) atoms. The van der Waals surface area contributed by atoms with Crippen LogP contribution in [0.5, 0.6) is 0 Å². The Morgan fingerprint density at radius 2 is 2.20 bits per heavy atom. The predicted octanol–water partition coefficient (Wildman–Crippen LogP) is -0.0813. The highest BCUT2D eigenvalue weighted by molar-refractivity contribution is 5.76. The molecule has 0 saturated carbocycles. The first-order chi connectivity index (χ1) is 9.38. The zero-order valence-corrected chi connectivity index (χ0v) is 12.3. The van der Waals surface area contributed by atoms with E-state index in [1.807, 2.05) is 20.8 Å². The second kappa shape index (κ2) is 7.04. The third-order valence-electron chi connectivity index (χ3n) is 3.00. The number of hydrogen-bond donors (Lipinski definition) is 3. The topological polar surface area (TPSA) is 102 Å². The lowest BCUT2D eigenvalue weighted by atomic mass is 10.0. The van der Waals surface area contributed by atoms with Crippen molar-refractivity contribution in [1.82, 2.24) is 15.1 Å². The number of nitrogens with two attached hydrogens (primary N) is 1. The molecule has 0 aromatic carbocycles. The number of rotatable bonds is 7. The van der Waals surface area contributed by atoms with E-state index in [-0.39, 0.29) is 23.6 Å². The van der Waals surface area contributed by atoms with E-state index in [9.17, 15) is 9.59 Å². The number of amides is 1. The van der Waals surface area contributed by atoms with Gasteiger partial charge in [0.2, 0.25) is 5.91 Å².